The summed E-state index contributed by atoms with van der Waals surface area (Å²) in [5.74, 6) is -0.976. The van der Waals surface area contributed by atoms with Gasteiger partial charge in [0.2, 0.25) is 5.76 Å². The number of anilines is 1. The molecule has 4 N–H and O–H groups in total. The van der Waals surface area contributed by atoms with Crippen LogP contribution in [0.2, 0.25) is 0 Å². The highest BCUT2D eigenvalue weighted by Gasteiger charge is 2.28. The van der Waals surface area contributed by atoms with E-state index in [0.717, 1.165) is 17.8 Å². The van der Waals surface area contributed by atoms with Gasteiger partial charge < -0.3 is 15.3 Å². The molecule has 3 rings (SSSR count). The summed E-state index contributed by atoms with van der Waals surface area (Å²) in [6, 6.07) is 0. The molecule has 0 saturated heterocycles. The van der Waals surface area contributed by atoms with E-state index in [-0.39, 0.29) is 11.7 Å². The van der Waals surface area contributed by atoms with Crippen LogP contribution < -0.4 is 11.2 Å². The highest BCUT2D eigenvalue weighted by atomic mass is 32.1. The number of hydrogen-bond donors (Lipinski definition) is 3. The Bertz CT molecular complexity index is 865. The fourth-order valence-electron chi connectivity index (χ4n) is 2.78. The Balaban J connectivity index is 1.89. The number of carboxylic acids is 1. The predicted molar refractivity (Wildman–Crippen MR) is 88.6 cm³/mol. The number of amides is 1. The molecule has 2 aromatic heterocycles. The first-order chi connectivity index (χ1) is 11.4. The molecular weight excluding hydrogens is 332 g/mol. The highest BCUT2D eigenvalue weighted by Crippen LogP contribution is 2.30. The quantitative estimate of drug-likeness (QED) is 0.728. The molecule has 9 heteroatoms. The van der Waals surface area contributed by atoms with Crippen molar-refractivity contribution in [3.05, 3.63) is 33.2 Å². The minimum Gasteiger partial charge on any atom is -0.475 e. The van der Waals surface area contributed by atoms with Gasteiger partial charge in [0, 0.05) is 17.5 Å². The maximum Gasteiger partial charge on any atom is 0.372 e. The molecule has 1 aliphatic rings. The van der Waals surface area contributed by atoms with Gasteiger partial charge in [-0.2, -0.15) is 5.10 Å². The average molecular weight is 348 g/mol. The summed E-state index contributed by atoms with van der Waals surface area (Å²) < 4.78 is 5.42. The normalized spacial score (nSPS) is 15.3. The molecule has 1 aliphatic carbocycles. The largest absolute Gasteiger partial charge is 0.475 e. The number of rotatable bonds is 3. The summed E-state index contributed by atoms with van der Waals surface area (Å²) in [4.78, 5) is 27.8. The topological polar surface area (TPSA) is 131 Å². The molecule has 0 spiro atoms. The molecule has 24 heavy (non-hydrogen) atoms. The van der Waals surface area contributed by atoms with E-state index in [4.69, 9.17) is 10.2 Å². The lowest BCUT2D eigenvalue weighted by molar-refractivity contribution is 0.0659. The zero-order valence-corrected chi connectivity index (χ0v) is 14.0. The number of nitrogen functional groups attached to an aromatic ring is 1. The Morgan fingerprint density at radius 2 is 2.12 bits per heavy atom. The number of furan rings is 1. The highest BCUT2D eigenvalue weighted by molar-refractivity contribution is 7.17. The summed E-state index contributed by atoms with van der Waals surface area (Å²) >= 11 is 1.09. The number of hydrazone groups is 1. The molecule has 0 aromatic carbocycles. The zero-order chi connectivity index (χ0) is 17.4. The minimum atomic E-state index is -1.11. The smallest absolute Gasteiger partial charge is 0.372 e. The monoisotopic (exact) mass is 348 g/mol. The second kappa shape index (κ2) is 6.08. The van der Waals surface area contributed by atoms with Crippen molar-refractivity contribution in [2.75, 3.05) is 5.73 Å². The van der Waals surface area contributed by atoms with Crippen LogP contribution in [0.15, 0.2) is 9.52 Å². The fourth-order valence-corrected chi connectivity index (χ4v) is 3.50. The number of carboxylic acid groups (broad SMARTS) is 1. The second-order valence-electron chi connectivity index (χ2n) is 5.48. The SMILES string of the molecule is Cc1nc(N)sc1C(=O)N/N=C1/CCCc2oc(C(=O)O)c(C)c21. The van der Waals surface area contributed by atoms with Crippen molar-refractivity contribution < 1.29 is 19.1 Å². The summed E-state index contributed by atoms with van der Waals surface area (Å²) in [6.45, 7) is 3.38. The number of nitrogens with one attached hydrogen (secondary N) is 1. The van der Waals surface area contributed by atoms with E-state index in [1.54, 1.807) is 13.8 Å². The lowest BCUT2D eigenvalue weighted by atomic mass is 9.93. The maximum absolute atomic E-state index is 12.2. The lowest BCUT2D eigenvalue weighted by Crippen LogP contribution is -2.22. The average Bonchev–Trinajstić information content (AvgIpc) is 3.05. The van der Waals surface area contributed by atoms with Crippen molar-refractivity contribution in [3.63, 3.8) is 0 Å². The summed E-state index contributed by atoms with van der Waals surface area (Å²) in [7, 11) is 0. The summed E-state index contributed by atoms with van der Waals surface area (Å²) in [6.07, 6.45) is 2.07. The number of carbonyl (C=O) groups is 2. The predicted octanol–water partition coefficient (Wildman–Crippen LogP) is 2.10. The third kappa shape index (κ3) is 2.78. The molecule has 0 radical (unpaired) electrons. The van der Waals surface area contributed by atoms with Crippen LogP contribution in [-0.4, -0.2) is 27.7 Å². The van der Waals surface area contributed by atoms with Crippen molar-refractivity contribution in [2.45, 2.75) is 33.1 Å². The minimum absolute atomic E-state index is 0.0769. The molecule has 1 amide bonds. The summed E-state index contributed by atoms with van der Waals surface area (Å²) in [5, 5.41) is 13.7. The van der Waals surface area contributed by atoms with Crippen molar-refractivity contribution >= 4 is 34.1 Å². The molecular formula is C15H16N4O4S. The van der Waals surface area contributed by atoms with Gasteiger partial charge in [-0.05, 0) is 26.7 Å². The van der Waals surface area contributed by atoms with Crippen LogP contribution in [-0.2, 0) is 6.42 Å². The molecule has 0 atom stereocenters. The third-order valence-corrected chi connectivity index (χ3v) is 4.82. The van der Waals surface area contributed by atoms with E-state index in [9.17, 15) is 14.7 Å². The molecule has 126 valence electrons. The number of fused-ring (bicyclic) bond motifs is 1. The number of hydrogen-bond acceptors (Lipinski definition) is 7. The molecule has 0 saturated carbocycles. The van der Waals surface area contributed by atoms with E-state index in [1.165, 1.54) is 0 Å². The van der Waals surface area contributed by atoms with Gasteiger partial charge in [-0.25, -0.2) is 15.2 Å². The maximum atomic E-state index is 12.2. The van der Waals surface area contributed by atoms with Gasteiger partial charge >= 0.3 is 5.97 Å². The number of carbonyl (C=O) groups excluding carboxylic acids is 1. The Morgan fingerprint density at radius 3 is 2.75 bits per heavy atom. The Hall–Kier alpha value is -2.68. The Labute approximate surface area is 141 Å². The number of aryl methyl sites for hydroxylation is 2. The van der Waals surface area contributed by atoms with Crippen LogP contribution in [0.5, 0.6) is 0 Å². The first kappa shape index (κ1) is 16.2. The Kier molecular flexibility index (Phi) is 4.10. The molecule has 2 aromatic rings. The molecule has 0 fully saturated rings. The Morgan fingerprint density at radius 1 is 1.38 bits per heavy atom. The van der Waals surface area contributed by atoms with Crippen LogP contribution >= 0.6 is 11.3 Å². The number of nitrogens with two attached hydrogens (primary N) is 1. The summed E-state index contributed by atoms with van der Waals surface area (Å²) in [5.41, 5.74) is 10.5. The lowest BCUT2D eigenvalue weighted by Gasteiger charge is -2.13. The van der Waals surface area contributed by atoms with Gasteiger partial charge in [0.05, 0.1) is 11.4 Å². The van der Waals surface area contributed by atoms with E-state index >= 15 is 0 Å². The van der Waals surface area contributed by atoms with Gasteiger partial charge in [0.15, 0.2) is 5.13 Å². The molecule has 0 aliphatic heterocycles. The standard InChI is InChI=1S/C15H16N4O4S/c1-6-10-8(4-3-5-9(10)23-11(6)14(21)22)18-19-13(20)12-7(2)17-15(16)24-12/h3-5H2,1-2H3,(H2,16,17)(H,19,20)(H,21,22)/b18-8-. The first-order valence-corrected chi connectivity index (χ1v) is 8.16. The van der Waals surface area contributed by atoms with Gasteiger partial charge in [-0.15, -0.1) is 0 Å². The fraction of sp³-hybridized carbons (Fsp3) is 0.333. The number of thiazole rings is 1. The molecule has 2 heterocycles. The number of aromatic nitrogens is 1. The van der Waals surface area contributed by atoms with Crippen LogP contribution in [0.4, 0.5) is 5.13 Å². The number of nitrogens with zero attached hydrogens (tertiary/aromatic N) is 2. The van der Waals surface area contributed by atoms with Crippen molar-refractivity contribution in [3.8, 4) is 0 Å². The molecule has 0 unspecified atom stereocenters. The van der Waals surface area contributed by atoms with Gasteiger partial charge in [0.25, 0.3) is 5.91 Å². The van der Waals surface area contributed by atoms with Crippen LogP contribution in [0.3, 0.4) is 0 Å². The second-order valence-corrected chi connectivity index (χ2v) is 6.51. The van der Waals surface area contributed by atoms with Crippen LogP contribution in [0, 0.1) is 13.8 Å². The molecule has 0 bridgehead atoms. The van der Waals surface area contributed by atoms with Crippen LogP contribution in [0.25, 0.3) is 0 Å². The van der Waals surface area contributed by atoms with Gasteiger partial charge in [0.1, 0.15) is 10.6 Å². The number of aromatic carboxylic acids is 1. The zero-order valence-electron chi connectivity index (χ0n) is 13.2. The van der Waals surface area contributed by atoms with Crippen molar-refractivity contribution in [1.29, 1.82) is 0 Å². The van der Waals surface area contributed by atoms with E-state index in [1.807, 2.05) is 0 Å². The van der Waals surface area contributed by atoms with Crippen LogP contribution in [0.1, 0.15) is 55.6 Å². The van der Waals surface area contributed by atoms with Crippen molar-refractivity contribution in [1.82, 2.24) is 10.4 Å². The van der Waals surface area contributed by atoms with Gasteiger partial charge in [-0.1, -0.05) is 11.3 Å². The third-order valence-electron chi connectivity index (χ3n) is 3.83. The first-order valence-electron chi connectivity index (χ1n) is 7.34. The van der Waals surface area contributed by atoms with Gasteiger partial charge in [-0.3, -0.25) is 4.79 Å². The van der Waals surface area contributed by atoms with E-state index in [0.29, 0.717) is 51.1 Å². The van der Waals surface area contributed by atoms with E-state index < -0.39 is 5.97 Å². The van der Waals surface area contributed by atoms with E-state index in [2.05, 4.69) is 15.5 Å². The van der Waals surface area contributed by atoms with Crippen molar-refractivity contribution in [2.24, 2.45) is 5.10 Å². The molecule has 8 nitrogen and oxygen atoms in total.